The van der Waals surface area contributed by atoms with E-state index < -0.39 is 22.0 Å². The summed E-state index contributed by atoms with van der Waals surface area (Å²) in [5.74, 6) is 0.127. The largest absolute Gasteiger partial charge is 0.467 e. The third-order valence-electron chi connectivity index (χ3n) is 3.20. The van der Waals surface area contributed by atoms with Gasteiger partial charge in [-0.3, -0.25) is 4.79 Å². The number of furan rings is 1. The minimum absolute atomic E-state index is 0.0128. The molecule has 0 unspecified atom stereocenters. The van der Waals surface area contributed by atoms with E-state index in [9.17, 15) is 13.2 Å². The number of aryl methyl sites for hydroxylation is 1. The van der Waals surface area contributed by atoms with Crippen LogP contribution < -0.4 is 10.0 Å². The van der Waals surface area contributed by atoms with Gasteiger partial charge in [-0.25, -0.2) is 8.42 Å². The van der Waals surface area contributed by atoms with Crippen LogP contribution in [0.25, 0.3) is 0 Å². The first-order chi connectivity index (χ1) is 10.8. The molecular formula is C15H17ClN2O4S. The Balaban J connectivity index is 2.01. The summed E-state index contributed by atoms with van der Waals surface area (Å²) in [6, 6.07) is 6.88. The van der Waals surface area contributed by atoms with E-state index in [1.54, 1.807) is 25.1 Å². The molecule has 0 radical (unpaired) electrons. The summed E-state index contributed by atoms with van der Waals surface area (Å²) in [5, 5.41) is 2.94. The predicted molar refractivity (Wildman–Crippen MR) is 86.5 cm³/mol. The molecule has 0 saturated carbocycles. The Hall–Kier alpha value is -1.83. The maximum absolute atomic E-state index is 12.3. The van der Waals surface area contributed by atoms with Gasteiger partial charge in [-0.05, 0) is 43.7 Å². The maximum atomic E-state index is 12.3. The molecule has 0 bridgehead atoms. The zero-order valence-corrected chi connectivity index (χ0v) is 14.2. The number of sulfonamides is 1. The minimum Gasteiger partial charge on any atom is -0.467 e. The Morgan fingerprint density at radius 3 is 2.70 bits per heavy atom. The van der Waals surface area contributed by atoms with Crippen molar-refractivity contribution in [1.29, 1.82) is 0 Å². The van der Waals surface area contributed by atoms with Gasteiger partial charge in [0.25, 0.3) is 0 Å². The Bertz CT molecular complexity index is 788. The molecule has 1 aromatic carbocycles. The van der Waals surface area contributed by atoms with Crippen LogP contribution >= 0.6 is 11.6 Å². The highest BCUT2D eigenvalue weighted by Gasteiger charge is 2.22. The number of carbonyl (C=O) groups excluding carboxylic acids is 1. The van der Waals surface area contributed by atoms with E-state index in [2.05, 4.69) is 10.0 Å². The predicted octanol–water partition coefficient (Wildman–Crippen LogP) is 2.22. The van der Waals surface area contributed by atoms with Crippen molar-refractivity contribution in [1.82, 2.24) is 10.0 Å². The molecule has 1 atom stereocenters. The van der Waals surface area contributed by atoms with Crippen LogP contribution in [0.15, 0.2) is 45.9 Å². The molecule has 1 amide bonds. The molecule has 2 aromatic rings. The van der Waals surface area contributed by atoms with Crippen LogP contribution in [0.3, 0.4) is 0 Å². The van der Waals surface area contributed by atoms with Crippen molar-refractivity contribution >= 4 is 27.5 Å². The molecule has 23 heavy (non-hydrogen) atoms. The number of rotatable bonds is 6. The maximum Gasteiger partial charge on any atom is 0.241 e. The van der Waals surface area contributed by atoms with Crippen LogP contribution in [0, 0.1) is 6.92 Å². The van der Waals surface area contributed by atoms with Crippen molar-refractivity contribution in [3.8, 4) is 0 Å². The normalized spacial score (nSPS) is 12.8. The summed E-state index contributed by atoms with van der Waals surface area (Å²) in [6.45, 7) is 3.43. The highest BCUT2D eigenvalue weighted by atomic mass is 35.5. The summed E-state index contributed by atoms with van der Waals surface area (Å²) in [5.41, 5.74) is 0.773. The molecule has 0 spiro atoms. The van der Waals surface area contributed by atoms with Crippen molar-refractivity contribution in [2.75, 3.05) is 0 Å². The topological polar surface area (TPSA) is 88.4 Å². The molecule has 0 aliphatic carbocycles. The van der Waals surface area contributed by atoms with Crippen LogP contribution in [-0.4, -0.2) is 20.4 Å². The number of carbonyl (C=O) groups is 1. The zero-order chi connectivity index (χ0) is 17.0. The second-order valence-electron chi connectivity index (χ2n) is 5.05. The number of nitrogens with one attached hydrogen (secondary N) is 2. The summed E-state index contributed by atoms with van der Waals surface area (Å²) >= 11 is 5.94. The van der Waals surface area contributed by atoms with Crippen molar-refractivity contribution in [2.24, 2.45) is 0 Å². The molecule has 0 aliphatic rings. The molecule has 0 aliphatic heterocycles. The lowest BCUT2D eigenvalue weighted by Crippen LogP contribution is -2.44. The third-order valence-corrected chi connectivity index (χ3v) is 5.14. The lowest BCUT2D eigenvalue weighted by Gasteiger charge is -2.14. The van der Waals surface area contributed by atoms with Gasteiger partial charge in [-0.15, -0.1) is 0 Å². The zero-order valence-electron chi connectivity index (χ0n) is 12.7. The highest BCUT2D eigenvalue weighted by molar-refractivity contribution is 7.89. The second-order valence-corrected chi connectivity index (χ2v) is 7.17. The number of benzene rings is 1. The Morgan fingerprint density at radius 1 is 1.35 bits per heavy atom. The van der Waals surface area contributed by atoms with E-state index in [1.807, 2.05) is 0 Å². The van der Waals surface area contributed by atoms with Crippen LogP contribution in [0.1, 0.15) is 18.2 Å². The van der Waals surface area contributed by atoms with Crippen molar-refractivity contribution in [2.45, 2.75) is 31.3 Å². The molecule has 0 saturated heterocycles. The standard InChI is InChI=1S/C15H17ClN2O4S/c1-10-5-6-13(8-14(10)16)23(20,21)18-11(2)15(19)17-9-12-4-3-7-22-12/h3-8,11,18H,9H2,1-2H3,(H,17,19)/t11-/m0/s1. The fourth-order valence-electron chi connectivity index (χ4n) is 1.84. The molecule has 1 aromatic heterocycles. The number of hydrogen-bond acceptors (Lipinski definition) is 4. The van der Waals surface area contributed by atoms with Gasteiger partial charge in [0, 0.05) is 5.02 Å². The van der Waals surface area contributed by atoms with Gasteiger partial charge >= 0.3 is 0 Å². The van der Waals surface area contributed by atoms with Crippen LogP contribution in [0.4, 0.5) is 0 Å². The van der Waals surface area contributed by atoms with Crippen LogP contribution in [0.2, 0.25) is 5.02 Å². The highest BCUT2D eigenvalue weighted by Crippen LogP contribution is 2.20. The lowest BCUT2D eigenvalue weighted by atomic mass is 10.2. The number of hydrogen-bond donors (Lipinski definition) is 2. The van der Waals surface area contributed by atoms with Crippen molar-refractivity contribution in [3.05, 3.63) is 52.9 Å². The van der Waals surface area contributed by atoms with Gasteiger partial charge in [-0.2, -0.15) is 4.72 Å². The summed E-state index contributed by atoms with van der Waals surface area (Å²) < 4.78 is 32.0. The fraction of sp³-hybridized carbons (Fsp3) is 0.267. The molecule has 2 rings (SSSR count). The Labute approximate surface area is 139 Å². The summed E-state index contributed by atoms with van der Waals surface area (Å²) in [7, 11) is -3.83. The summed E-state index contributed by atoms with van der Waals surface area (Å²) in [4.78, 5) is 12.0. The first kappa shape index (κ1) is 17.5. The SMILES string of the molecule is Cc1ccc(S(=O)(=O)N[C@@H](C)C(=O)NCc2ccco2)cc1Cl. The number of halogens is 1. The van der Waals surface area contributed by atoms with Gasteiger partial charge in [0.05, 0.1) is 23.7 Å². The van der Waals surface area contributed by atoms with Crippen molar-refractivity contribution in [3.63, 3.8) is 0 Å². The van der Waals surface area contributed by atoms with Gasteiger partial charge in [0.1, 0.15) is 5.76 Å². The van der Waals surface area contributed by atoms with Gasteiger partial charge in [0.15, 0.2) is 0 Å². The van der Waals surface area contributed by atoms with Gasteiger partial charge in [0.2, 0.25) is 15.9 Å². The lowest BCUT2D eigenvalue weighted by molar-refractivity contribution is -0.122. The molecule has 0 fully saturated rings. The van der Waals surface area contributed by atoms with E-state index in [0.717, 1.165) is 5.56 Å². The van der Waals surface area contributed by atoms with E-state index in [0.29, 0.717) is 10.8 Å². The third kappa shape index (κ3) is 4.57. The van der Waals surface area contributed by atoms with E-state index in [-0.39, 0.29) is 11.4 Å². The van der Waals surface area contributed by atoms with Crippen LogP contribution in [-0.2, 0) is 21.4 Å². The monoisotopic (exact) mass is 356 g/mol. The second kappa shape index (κ2) is 7.16. The molecule has 124 valence electrons. The minimum atomic E-state index is -3.83. The van der Waals surface area contributed by atoms with E-state index >= 15 is 0 Å². The first-order valence-electron chi connectivity index (χ1n) is 6.88. The van der Waals surface area contributed by atoms with E-state index in [1.165, 1.54) is 25.3 Å². The molecular weight excluding hydrogens is 340 g/mol. The van der Waals surface area contributed by atoms with Crippen LogP contribution in [0.5, 0.6) is 0 Å². The van der Waals surface area contributed by atoms with Gasteiger partial charge < -0.3 is 9.73 Å². The molecule has 2 N–H and O–H groups in total. The Morgan fingerprint density at radius 2 is 2.09 bits per heavy atom. The molecule has 1 heterocycles. The average molecular weight is 357 g/mol. The van der Waals surface area contributed by atoms with Gasteiger partial charge in [-0.1, -0.05) is 17.7 Å². The Kier molecular flexibility index (Phi) is 5.46. The summed E-state index contributed by atoms with van der Waals surface area (Å²) in [6.07, 6.45) is 1.49. The van der Waals surface area contributed by atoms with Crippen molar-refractivity contribution < 1.29 is 17.6 Å². The molecule has 6 nitrogen and oxygen atoms in total. The average Bonchev–Trinajstić information content (AvgIpc) is 3.00. The molecule has 8 heteroatoms. The smallest absolute Gasteiger partial charge is 0.241 e. The fourth-order valence-corrected chi connectivity index (χ4v) is 3.31. The number of amides is 1. The quantitative estimate of drug-likeness (QED) is 0.830. The first-order valence-corrected chi connectivity index (χ1v) is 8.74. The van der Waals surface area contributed by atoms with E-state index in [4.69, 9.17) is 16.0 Å².